The standard InChI is InChI=1S/C30H34N4O6/c1-2-39-22-10-11-26-23(17-22)25(35)18-27(40-26)30(38)31-19-29(37)33-15-13-32(14-16-33)24-8-4-3-7-21(24)20-34-12-6-5-9-28(34)36/h3-4,7-8,10-11,17-18H,2,5-6,9,12-16,19-20H2,1H3,(H,31,38). The van der Waals surface area contributed by atoms with E-state index >= 15 is 0 Å². The van der Waals surface area contributed by atoms with Crippen molar-refractivity contribution in [1.29, 1.82) is 0 Å². The summed E-state index contributed by atoms with van der Waals surface area (Å²) in [5.74, 6) is -0.225. The Morgan fingerprint density at radius 2 is 1.77 bits per heavy atom. The van der Waals surface area contributed by atoms with E-state index in [2.05, 4.69) is 22.3 Å². The number of carbonyl (C=O) groups excluding carboxylic acids is 3. The number of piperidine rings is 1. The zero-order chi connectivity index (χ0) is 28.1. The second kappa shape index (κ2) is 12.2. The molecule has 10 nitrogen and oxygen atoms in total. The fourth-order valence-electron chi connectivity index (χ4n) is 5.24. The largest absolute Gasteiger partial charge is 0.494 e. The van der Waals surface area contributed by atoms with E-state index in [1.54, 1.807) is 23.1 Å². The molecular weight excluding hydrogens is 512 g/mol. The zero-order valence-corrected chi connectivity index (χ0v) is 22.7. The molecule has 0 spiro atoms. The lowest BCUT2D eigenvalue weighted by Crippen LogP contribution is -2.51. The number of carbonyl (C=O) groups is 3. The minimum Gasteiger partial charge on any atom is -0.494 e. The van der Waals surface area contributed by atoms with Crippen molar-refractivity contribution in [1.82, 2.24) is 15.1 Å². The van der Waals surface area contributed by atoms with Crippen molar-refractivity contribution in [2.24, 2.45) is 0 Å². The number of rotatable bonds is 8. The average molecular weight is 547 g/mol. The lowest BCUT2D eigenvalue weighted by molar-refractivity contribution is -0.134. The van der Waals surface area contributed by atoms with Gasteiger partial charge in [0.1, 0.15) is 11.3 Å². The van der Waals surface area contributed by atoms with Crippen LogP contribution in [0.3, 0.4) is 0 Å². The van der Waals surface area contributed by atoms with Crippen LogP contribution in [-0.4, -0.2) is 73.4 Å². The van der Waals surface area contributed by atoms with Crippen LogP contribution >= 0.6 is 0 Å². The molecule has 0 aliphatic carbocycles. The molecule has 0 radical (unpaired) electrons. The first-order chi connectivity index (χ1) is 19.4. The molecule has 1 N–H and O–H groups in total. The van der Waals surface area contributed by atoms with E-state index in [-0.39, 0.29) is 35.1 Å². The molecule has 2 aliphatic rings. The van der Waals surface area contributed by atoms with Crippen molar-refractivity contribution in [2.45, 2.75) is 32.7 Å². The van der Waals surface area contributed by atoms with E-state index in [0.29, 0.717) is 56.9 Å². The highest BCUT2D eigenvalue weighted by atomic mass is 16.5. The molecule has 0 atom stereocenters. The lowest BCUT2D eigenvalue weighted by Gasteiger charge is -2.37. The molecule has 3 aromatic rings. The number of hydrogen-bond acceptors (Lipinski definition) is 7. The SMILES string of the molecule is CCOc1ccc2oc(C(=O)NCC(=O)N3CCN(c4ccccc4CN4CCCCC4=O)CC3)cc(=O)c2c1. The maximum Gasteiger partial charge on any atom is 0.287 e. The summed E-state index contributed by atoms with van der Waals surface area (Å²) in [6.45, 7) is 5.82. The van der Waals surface area contributed by atoms with Crippen molar-refractivity contribution < 1.29 is 23.5 Å². The van der Waals surface area contributed by atoms with Gasteiger partial charge in [-0.05, 0) is 49.6 Å². The summed E-state index contributed by atoms with van der Waals surface area (Å²) in [6.07, 6.45) is 2.61. The second-order valence-electron chi connectivity index (χ2n) is 10.0. The van der Waals surface area contributed by atoms with E-state index in [0.717, 1.165) is 36.7 Å². The predicted octanol–water partition coefficient (Wildman–Crippen LogP) is 2.78. The maximum absolute atomic E-state index is 12.9. The summed E-state index contributed by atoms with van der Waals surface area (Å²) in [5.41, 5.74) is 2.10. The summed E-state index contributed by atoms with van der Waals surface area (Å²) < 4.78 is 11.0. The highest BCUT2D eigenvalue weighted by Crippen LogP contribution is 2.25. The van der Waals surface area contributed by atoms with Gasteiger partial charge >= 0.3 is 0 Å². The average Bonchev–Trinajstić information content (AvgIpc) is 2.97. The first kappa shape index (κ1) is 27.2. The number of likely N-dealkylation sites (tertiary alicyclic amines) is 1. The molecule has 3 amide bonds. The highest BCUT2D eigenvalue weighted by molar-refractivity contribution is 5.95. The van der Waals surface area contributed by atoms with Crippen LogP contribution < -0.4 is 20.4 Å². The third-order valence-corrected chi connectivity index (χ3v) is 7.38. The summed E-state index contributed by atoms with van der Waals surface area (Å²) in [6, 6.07) is 14.1. The third-order valence-electron chi connectivity index (χ3n) is 7.38. The van der Waals surface area contributed by atoms with Gasteiger partial charge in [0.15, 0.2) is 11.2 Å². The van der Waals surface area contributed by atoms with E-state index in [1.165, 1.54) is 0 Å². The van der Waals surface area contributed by atoms with Crippen LogP contribution in [0.1, 0.15) is 42.3 Å². The Kier molecular flexibility index (Phi) is 8.33. The normalized spacial score (nSPS) is 15.8. The van der Waals surface area contributed by atoms with E-state index < -0.39 is 5.91 Å². The Hall–Kier alpha value is -4.34. The van der Waals surface area contributed by atoms with Gasteiger partial charge < -0.3 is 29.2 Å². The smallest absolute Gasteiger partial charge is 0.287 e. The van der Waals surface area contributed by atoms with Gasteiger partial charge in [0.05, 0.1) is 18.5 Å². The van der Waals surface area contributed by atoms with Crippen LogP contribution in [0, 0.1) is 0 Å². The van der Waals surface area contributed by atoms with Crippen LogP contribution in [-0.2, 0) is 16.1 Å². The first-order valence-corrected chi connectivity index (χ1v) is 13.8. The highest BCUT2D eigenvalue weighted by Gasteiger charge is 2.25. The first-order valence-electron chi connectivity index (χ1n) is 13.8. The van der Waals surface area contributed by atoms with Gasteiger partial charge in [-0.2, -0.15) is 0 Å². The predicted molar refractivity (Wildman–Crippen MR) is 150 cm³/mol. The fourth-order valence-corrected chi connectivity index (χ4v) is 5.24. The van der Waals surface area contributed by atoms with Crippen LogP contribution in [0.2, 0.25) is 0 Å². The Morgan fingerprint density at radius 3 is 2.55 bits per heavy atom. The molecule has 0 bridgehead atoms. The summed E-state index contributed by atoms with van der Waals surface area (Å²) in [7, 11) is 0. The van der Waals surface area contributed by atoms with E-state index in [9.17, 15) is 19.2 Å². The summed E-state index contributed by atoms with van der Waals surface area (Å²) in [5, 5.41) is 2.90. The molecule has 2 saturated heterocycles. The van der Waals surface area contributed by atoms with E-state index in [1.807, 2.05) is 24.0 Å². The number of ether oxygens (including phenoxy) is 1. The van der Waals surface area contributed by atoms with Crippen molar-refractivity contribution in [3.8, 4) is 5.75 Å². The number of piperazine rings is 1. The molecular formula is C30H34N4O6. The topological polar surface area (TPSA) is 112 Å². The Morgan fingerprint density at radius 1 is 0.975 bits per heavy atom. The molecule has 10 heteroatoms. The van der Waals surface area contributed by atoms with Gasteiger partial charge in [-0.25, -0.2) is 0 Å². The zero-order valence-electron chi connectivity index (χ0n) is 22.7. The number of benzene rings is 2. The number of nitrogens with one attached hydrogen (secondary N) is 1. The minimum absolute atomic E-state index is 0.150. The molecule has 1 aromatic heterocycles. The van der Waals surface area contributed by atoms with Gasteiger partial charge in [-0.15, -0.1) is 0 Å². The molecule has 0 unspecified atom stereocenters. The number of anilines is 1. The van der Waals surface area contributed by atoms with Crippen LogP contribution in [0.4, 0.5) is 5.69 Å². The van der Waals surface area contributed by atoms with Gasteiger partial charge in [0.2, 0.25) is 11.8 Å². The van der Waals surface area contributed by atoms with Gasteiger partial charge in [0, 0.05) is 57.4 Å². The molecule has 0 saturated carbocycles. The Balaban J connectivity index is 1.15. The number of hydrogen-bond donors (Lipinski definition) is 1. The second-order valence-corrected chi connectivity index (χ2v) is 10.0. The maximum atomic E-state index is 12.9. The molecule has 40 heavy (non-hydrogen) atoms. The molecule has 2 aliphatic heterocycles. The van der Waals surface area contributed by atoms with Crippen molar-refractivity contribution in [2.75, 3.05) is 50.8 Å². The van der Waals surface area contributed by atoms with Gasteiger partial charge in [-0.3, -0.25) is 19.2 Å². The quantitative estimate of drug-likeness (QED) is 0.462. The van der Waals surface area contributed by atoms with Crippen LogP contribution in [0.25, 0.3) is 11.0 Å². The van der Waals surface area contributed by atoms with Gasteiger partial charge in [-0.1, -0.05) is 18.2 Å². The van der Waals surface area contributed by atoms with Crippen molar-refractivity contribution in [3.05, 3.63) is 70.1 Å². The molecule has 5 rings (SSSR count). The van der Waals surface area contributed by atoms with E-state index in [4.69, 9.17) is 9.15 Å². The molecule has 2 aromatic carbocycles. The van der Waals surface area contributed by atoms with Gasteiger partial charge in [0.25, 0.3) is 5.91 Å². The number of nitrogens with zero attached hydrogens (tertiary/aromatic N) is 3. The summed E-state index contributed by atoms with van der Waals surface area (Å²) >= 11 is 0. The third kappa shape index (κ3) is 6.11. The minimum atomic E-state index is -0.624. The molecule has 2 fully saturated rings. The molecule has 3 heterocycles. The van der Waals surface area contributed by atoms with Crippen LogP contribution in [0.15, 0.2) is 57.7 Å². The van der Waals surface area contributed by atoms with Crippen molar-refractivity contribution in [3.63, 3.8) is 0 Å². The van der Waals surface area contributed by atoms with Crippen LogP contribution in [0.5, 0.6) is 5.75 Å². The van der Waals surface area contributed by atoms with Crippen molar-refractivity contribution >= 4 is 34.4 Å². The number of fused-ring (bicyclic) bond motifs is 1. The number of para-hydroxylation sites is 1. The fraction of sp³-hybridized carbons (Fsp3) is 0.400. The Labute approximate surface area is 232 Å². The monoisotopic (exact) mass is 546 g/mol. The Bertz CT molecular complexity index is 1460. The molecule has 210 valence electrons. The summed E-state index contributed by atoms with van der Waals surface area (Å²) in [4.78, 5) is 56.3. The number of amides is 3. The lowest BCUT2D eigenvalue weighted by atomic mass is 10.1.